The van der Waals surface area contributed by atoms with Crippen molar-refractivity contribution >= 4 is 17.5 Å². The minimum absolute atomic E-state index is 0.114. The average Bonchev–Trinajstić information content (AvgIpc) is 2.83. The Labute approximate surface area is 118 Å². The molecule has 20 heavy (non-hydrogen) atoms. The summed E-state index contributed by atoms with van der Waals surface area (Å²) in [5.41, 5.74) is 3.48. The molecule has 0 bridgehead atoms. The Morgan fingerprint density at radius 1 is 1.40 bits per heavy atom. The third-order valence-electron chi connectivity index (χ3n) is 3.42. The summed E-state index contributed by atoms with van der Waals surface area (Å²) in [6.07, 6.45) is 1.46. The molecule has 1 unspecified atom stereocenters. The van der Waals surface area contributed by atoms with Crippen molar-refractivity contribution in [3.63, 3.8) is 0 Å². The Kier molecular flexibility index (Phi) is 4.39. The van der Waals surface area contributed by atoms with E-state index >= 15 is 0 Å². The van der Waals surface area contributed by atoms with Gasteiger partial charge in [0.25, 0.3) is 0 Å². The molecule has 2 heterocycles. The molecule has 5 N–H and O–H groups in total. The van der Waals surface area contributed by atoms with Crippen LogP contribution in [0.1, 0.15) is 44.0 Å². The number of carbonyl (C=O) groups excluding carboxylic acids is 1. The van der Waals surface area contributed by atoms with Gasteiger partial charge in [-0.2, -0.15) is 0 Å². The number of carbonyl (C=O) groups is 1. The molecule has 1 fully saturated rings. The smallest absolute Gasteiger partial charge is 0.220 e. The van der Waals surface area contributed by atoms with Crippen LogP contribution in [-0.2, 0) is 4.79 Å². The predicted octanol–water partition coefficient (Wildman–Crippen LogP) is 0.885. The molecule has 0 saturated carbocycles. The second-order valence-electron chi connectivity index (χ2n) is 5.39. The Hall–Kier alpha value is -1.89. The molecule has 1 aliphatic heterocycles. The fourth-order valence-corrected chi connectivity index (χ4v) is 2.16. The zero-order chi connectivity index (χ0) is 14.7. The van der Waals surface area contributed by atoms with Crippen molar-refractivity contribution < 1.29 is 4.79 Å². The minimum atomic E-state index is 0.114. The van der Waals surface area contributed by atoms with Crippen LogP contribution in [0.15, 0.2) is 0 Å². The molecule has 1 atom stereocenters. The Balaban J connectivity index is 2.13. The average molecular weight is 278 g/mol. The summed E-state index contributed by atoms with van der Waals surface area (Å²) in [6.45, 7) is 6.64. The molecule has 1 amide bonds. The van der Waals surface area contributed by atoms with E-state index in [2.05, 4.69) is 26.0 Å². The lowest BCUT2D eigenvalue weighted by molar-refractivity contribution is -0.119. The summed E-state index contributed by atoms with van der Waals surface area (Å²) in [4.78, 5) is 20.1. The first kappa shape index (κ1) is 14.5. The van der Waals surface area contributed by atoms with Gasteiger partial charge in [-0.05, 0) is 13.3 Å². The van der Waals surface area contributed by atoms with E-state index in [1.807, 2.05) is 20.8 Å². The third-order valence-corrected chi connectivity index (χ3v) is 3.42. The van der Waals surface area contributed by atoms with Gasteiger partial charge in [-0.3, -0.25) is 4.79 Å². The van der Waals surface area contributed by atoms with Gasteiger partial charge in [-0.25, -0.2) is 15.8 Å². The number of aromatic nitrogens is 2. The number of nitrogens with zero attached hydrogens (tertiary/aromatic N) is 2. The van der Waals surface area contributed by atoms with Gasteiger partial charge < -0.3 is 16.1 Å². The van der Waals surface area contributed by atoms with E-state index in [9.17, 15) is 4.79 Å². The SMILES string of the molecule is Cc1c(NN)nc(C(C)C)nc1NCC1CCC(=O)N1. The van der Waals surface area contributed by atoms with E-state index in [0.29, 0.717) is 18.8 Å². The zero-order valence-corrected chi connectivity index (χ0v) is 12.2. The monoisotopic (exact) mass is 278 g/mol. The first-order valence-electron chi connectivity index (χ1n) is 6.89. The van der Waals surface area contributed by atoms with E-state index < -0.39 is 0 Å². The molecule has 1 aromatic rings. The van der Waals surface area contributed by atoms with Gasteiger partial charge >= 0.3 is 0 Å². The van der Waals surface area contributed by atoms with Crippen LogP contribution in [0, 0.1) is 6.92 Å². The molecular formula is C13H22N6O. The van der Waals surface area contributed by atoms with E-state index in [0.717, 1.165) is 23.6 Å². The van der Waals surface area contributed by atoms with Crippen LogP contribution < -0.4 is 21.9 Å². The molecule has 7 heteroatoms. The molecule has 7 nitrogen and oxygen atoms in total. The molecule has 110 valence electrons. The maximum atomic E-state index is 11.2. The maximum absolute atomic E-state index is 11.2. The van der Waals surface area contributed by atoms with Crippen molar-refractivity contribution in [2.45, 2.75) is 45.6 Å². The molecule has 0 aromatic carbocycles. The number of hydrogen-bond acceptors (Lipinski definition) is 6. The highest BCUT2D eigenvalue weighted by molar-refractivity contribution is 5.78. The maximum Gasteiger partial charge on any atom is 0.220 e. The molecule has 1 aliphatic rings. The van der Waals surface area contributed by atoms with Crippen molar-refractivity contribution in [1.29, 1.82) is 0 Å². The van der Waals surface area contributed by atoms with Crippen molar-refractivity contribution in [1.82, 2.24) is 15.3 Å². The topological polar surface area (TPSA) is 105 Å². The van der Waals surface area contributed by atoms with Crippen molar-refractivity contribution in [3.05, 3.63) is 11.4 Å². The summed E-state index contributed by atoms with van der Waals surface area (Å²) in [6, 6.07) is 0.161. The van der Waals surface area contributed by atoms with Crippen LogP contribution >= 0.6 is 0 Å². The quantitative estimate of drug-likeness (QED) is 0.471. The molecule has 1 aromatic heterocycles. The van der Waals surface area contributed by atoms with Crippen LogP contribution in [0.2, 0.25) is 0 Å². The number of hydrogen-bond donors (Lipinski definition) is 4. The minimum Gasteiger partial charge on any atom is -0.368 e. The van der Waals surface area contributed by atoms with Gasteiger partial charge in [0.1, 0.15) is 17.5 Å². The van der Waals surface area contributed by atoms with Crippen LogP contribution in [0.3, 0.4) is 0 Å². The Morgan fingerprint density at radius 2 is 2.10 bits per heavy atom. The summed E-state index contributed by atoms with van der Waals surface area (Å²) in [5, 5.41) is 6.21. The van der Waals surface area contributed by atoms with Crippen LogP contribution in [0.25, 0.3) is 0 Å². The zero-order valence-electron chi connectivity index (χ0n) is 12.2. The van der Waals surface area contributed by atoms with Gasteiger partial charge in [-0.1, -0.05) is 13.8 Å². The number of hydrazine groups is 1. The second kappa shape index (κ2) is 6.04. The van der Waals surface area contributed by atoms with Crippen LogP contribution in [0.5, 0.6) is 0 Å². The highest BCUT2D eigenvalue weighted by Crippen LogP contribution is 2.22. The molecule has 0 radical (unpaired) electrons. The molecule has 0 aliphatic carbocycles. The van der Waals surface area contributed by atoms with Crippen molar-refractivity contribution in [3.8, 4) is 0 Å². The number of nitrogens with one attached hydrogen (secondary N) is 3. The van der Waals surface area contributed by atoms with E-state index in [4.69, 9.17) is 5.84 Å². The highest BCUT2D eigenvalue weighted by atomic mass is 16.1. The number of nitrogen functional groups attached to an aromatic ring is 1. The second-order valence-corrected chi connectivity index (χ2v) is 5.39. The van der Waals surface area contributed by atoms with E-state index in [1.165, 1.54) is 0 Å². The first-order chi connectivity index (χ1) is 9.51. The van der Waals surface area contributed by atoms with Gasteiger partial charge in [0.2, 0.25) is 5.91 Å². The van der Waals surface area contributed by atoms with Gasteiger partial charge in [0.05, 0.1) is 0 Å². The summed E-state index contributed by atoms with van der Waals surface area (Å²) in [7, 11) is 0. The Bertz CT molecular complexity index is 502. The number of rotatable bonds is 5. The lowest BCUT2D eigenvalue weighted by Crippen LogP contribution is -2.32. The summed E-state index contributed by atoms with van der Waals surface area (Å²) >= 11 is 0. The highest BCUT2D eigenvalue weighted by Gasteiger charge is 2.21. The summed E-state index contributed by atoms with van der Waals surface area (Å²) in [5.74, 6) is 7.96. The molecule has 2 rings (SSSR count). The van der Waals surface area contributed by atoms with Gasteiger partial charge in [0, 0.05) is 30.5 Å². The van der Waals surface area contributed by atoms with E-state index in [1.54, 1.807) is 0 Å². The molecule has 1 saturated heterocycles. The normalized spacial score (nSPS) is 18.2. The molecule has 0 spiro atoms. The fourth-order valence-electron chi connectivity index (χ4n) is 2.16. The molecular weight excluding hydrogens is 256 g/mol. The first-order valence-corrected chi connectivity index (χ1v) is 6.89. The Morgan fingerprint density at radius 3 is 2.65 bits per heavy atom. The van der Waals surface area contributed by atoms with Crippen molar-refractivity contribution in [2.24, 2.45) is 5.84 Å². The lowest BCUT2D eigenvalue weighted by Gasteiger charge is -2.17. The third kappa shape index (κ3) is 3.16. The lowest BCUT2D eigenvalue weighted by atomic mass is 10.2. The largest absolute Gasteiger partial charge is 0.368 e. The number of nitrogens with two attached hydrogens (primary N) is 1. The predicted molar refractivity (Wildman–Crippen MR) is 78.3 cm³/mol. The number of amides is 1. The van der Waals surface area contributed by atoms with Gasteiger partial charge in [0.15, 0.2) is 0 Å². The van der Waals surface area contributed by atoms with Gasteiger partial charge in [-0.15, -0.1) is 0 Å². The van der Waals surface area contributed by atoms with Crippen molar-refractivity contribution in [2.75, 3.05) is 17.3 Å². The standard InChI is InChI=1S/C13H22N6O/c1-7(2)11-17-12(8(3)13(18-11)19-14)15-6-9-4-5-10(20)16-9/h7,9H,4-6,14H2,1-3H3,(H,16,20)(H2,15,17,18,19). The fraction of sp³-hybridized carbons (Fsp3) is 0.615. The van der Waals surface area contributed by atoms with E-state index in [-0.39, 0.29) is 17.9 Å². The summed E-state index contributed by atoms with van der Waals surface area (Å²) < 4.78 is 0. The number of anilines is 2. The van der Waals surface area contributed by atoms with Crippen LogP contribution in [0.4, 0.5) is 11.6 Å². The van der Waals surface area contributed by atoms with Crippen LogP contribution in [-0.4, -0.2) is 28.5 Å².